The molecule has 0 fully saturated rings. The molecular formula is C18H26N2O3. The van der Waals surface area contributed by atoms with Crippen LogP contribution in [0.3, 0.4) is 0 Å². The lowest BCUT2D eigenvalue weighted by Gasteiger charge is -2.28. The molecule has 0 radical (unpaired) electrons. The van der Waals surface area contributed by atoms with Gasteiger partial charge in [-0.1, -0.05) is 32.0 Å². The van der Waals surface area contributed by atoms with Gasteiger partial charge in [0.25, 0.3) is 0 Å². The Balaban J connectivity index is 2.03. The highest BCUT2D eigenvalue weighted by Crippen LogP contribution is 2.27. The van der Waals surface area contributed by atoms with Gasteiger partial charge in [-0.05, 0) is 30.4 Å². The van der Waals surface area contributed by atoms with E-state index < -0.39 is 6.04 Å². The van der Waals surface area contributed by atoms with E-state index in [-0.39, 0.29) is 17.7 Å². The van der Waals surface area contributed by atoms with Crippen molar-refractivity contribution in [1.29, 1.82) is 0 Å². The summed E-state index contributed by atoms with van der Waals surface area (Å²) < 4.78 is 5.67. The third kappa shape index (κ3) is 4.47. The van der Waals surface area contributed by atoms with E-state index in [9.17, 15) is 9.59 Å². The van der Waals surface area contributed by atoms with E-state index in [1.807, 2.05) is 38.1 Å². The van der Waals surface area contributed by atoms with Gasteiger partial charge in [0.05, 0.1) is 5.92 Å². The molecule has 1 aromatic rings. The molecule has 0 spiro atoms. The Kier molecular flexibility index (Phi) is 5.64. The van der Waals surface area contributed by atoms with Gasteiger partial charge in [-0.3, -0.25) is 9.59 Å². The van der Waals surface area contributed by atoms with Crippen molar-refractivity contribution in [3.63, 3.8) is 0 Å². The first-order valence-corrected chi connectivity index (χ1v) is 8.10. The monoisotopic (exact) mass is 318 g/mol. The second-order valence-corrected chi connectivity index (χ2v) is 6.74. The highest BCUT2D eigenvalue weighted by Gasteiger charge is 2.30. The SMILES string of the molecule is CC(C)C[C@H](NC(=O)[C@H]1COc2ccccc2C1)C(=O)N(C)C. The molecule has 1 N–H and O–H groups in total. The normalized spacial score (nSPS) is 17.9. The summed E-state index contributed by atoms with van der Waals surface area (Å²) in [4.78, 5) is 26.4. The summed E-state index contributed by atoms with van der Waals surface area (Å²) >= 11 is 0. The number of rotatable bonds is 5. The minimum Gasteiger partial charge on any atom is -0.492 e. The zero-order valence-electron chi connectivity index (χ0n) is 14.3. The number of amides is 2. The Hall–Kier alpha value is -2.04. The second kappa shape index (κ2) is 7.49. The van der Waals surface area contributed by atoms with Crippen LogP contribution in [-0.2, 0) is 16.0 Å². The van der Waals surface area contributed by atoms with Crippen LogP contribution in [0.25, 0.3) is 0 Å². The maximum atomic E-state index is 12.6. The van der Waals surface area contributed by atoms with Crippen LogP contribution >= 0.6 is 0 Å². The van der Waals surface area contributed by atoms with Gasteiger partial charge in [0, 0.05) is 14.1 Å². The van der Waals surface area contributed by atoms with Crippen LogP contribution in [0.1, 0.15) is 25.8 Å². The van der Waals surface area contributed by atoms with Crippen LogP contribution in [0.2, 0.25) is 0 Å². The van der Waals surface area contributed by atoms with Crippen LogP contribution in [0, 0.1) is 11.8 Å². The first kappa shape index (κ1) is 17.3. The molecule has 0 saturated heterocycles. The summed E-state index contributed by atoms with van der Waals surface area (Å²) in [6, 6.07) is 7.29. The molecule has 0 bridgehead atoms. The lowest BCUT2D eigenvalue weighted by molar-refractivity contribution is -0.136. The van der Waals surface area contributed by atoms with Gasteiger partial charge in [0.15, 0.2) is 0 Å². The number of benzene rings is 1. The summed E-state index contributed by atoms with van der Waals surface area (Å²) in [7, 11) is 3.42. The van der Waals surface area contributed by atoms with Crippen molar-refractivity contribution < 1.29 is 14.3 Å². The Morgan fingerprint density at radius 3 is 2.65 bits per heavy atom. The van der Waals surface area contributed by atoms with Crippen LogP contribution < -0.4 is 10.1 Å². The predicted octanol–water partition coefficient (Wildman–Crippen LogP) is 1.86. The third-order valence-electron chi connectivity index (χ3n) is 4.01. The van der Waals surface area contributed by atoms with Crippen molar-refractivity contribution in [2.24, 2.45) is 11.8 Å². The number of fused-ring (bicyclic) bond motifs is 1. The van der Waals surface area contributed by atoms with Crippen LogP contribution in [-0.4, -0.2) is 43.5 Å². The van der Waals surface area contributed by atoms with Gasteiger partial charge in [0.1, 0.15) is 18.4 Å². The maximum Gasteiger partial charge on any atom is 0.244 e. The van der Waals surface area contributed by atoms with E-state index in [0.29, 0.717) is 25.4 Å². The number of ether oxygens (including phenoxy) is 1. The highest BCUT2D eigenvalue weighted by atomic mass is 16.5. The van der Waals surface area contributed by atoms with Gasteiger partial charge in [-0.25, -0.2) is 0 Å². The predicted molar refractivity (Wildman–Crippen MR) is 89.2 cm³/mol. The van der Waals surface area contributed by atoms with E-state index >= 15 is 0 Å². The van der Waals surface area contributed by atoms with E-state index in [1.54, 1.807) is 14.1 Å². The van der Waals surface area contributed by atoms with Crippen LogP contribution in [0.4, 0.5) is 0 Å². The number of carbonyl (C=O) groups is 2. The fourth-order valence-corrected chi connectivity index (χ4v) is 2.79. The van der Waals surface area contributed by atoms with E-state index in [0.717, 1.165) is 11.3 Å². The van der Waals surface area contributed by atoms with Gasteiger partial charge < -0.3 is 15.0 Å². The fraction of sp³-hybridized carbons (Fsp3) is 0.556. The standard InChI is InChI=1S/C18H26N2O3/c1-12(2)9-15(18(22)20(3)4)19-17(21)14-10-13-7-5-6-8-16(13)23-11-14/h5-8,12,14-15H,9-11H2,1-4H3,(H,19,21)/t14-,15+/m1/s1. The van der Waals surface area contributed by atoms with Crippen molar-refractivity contribution in [2.45, 2.75) is 32.7 Å². The molecule has 2 rings (SSSR count). The smallest absolute Gasteiger partial charge is 0.244 e. The number of nitrogens with one attached hydrogen (secondary N) is 1. The molecule has 2 amide bonds. The molecule has 5 heteroatoms. The molecule has 126 valence electrons. The lowest BCUT2D eigenvalue weighted by Crippen LogP contribution is -2.50. The second-order valence-electron chi connectivity index (χ2n) is 6.74. The molecule has 1 aliphatic rings. The number of para-hydroxylation sites is 1. The van der Waals surface area contributed by atoms with Crippen molar-refractivity contribution in [1.82, 2.24) is 10.2 Å². The first-order chi connectivity index (χ1) is 10.9. The molecule has 1 heterocycles. The fourth-order valence-electron chi connectivity index (χ4n) is 2.79. The Morgan fingerprint density at radius 2 is 2.00 bits per heavy atom. The number of hydrogen-bond donors (Lipinski definition) is 1. The van der Waals surface area contributed by atoms with Crippen molar-refractivity contribution in [3.05, 3.63) is 29.8 Å². The highest BCUT2D eigenvalue weighted by molar-refractivity contribution is 5.88. The largest absolute Gasteiger partial charge is 0.492 e. The summed E-state index contributed by atoms with van der Waals surface area (Å²) in [5.74, 6) is 0.742. The average Bonchev–Trinajstić information content (AvgIpc) is 2.52. The number of carbonyl (C=O) groups excluding carboxylic acids is 2. The minimum absolute atomic E-state index is 0.0656. The first-order valence-electron chi connectivity index (χ1n) is 8.10. The number of hydrogen-bond acceptors (Lipinski definition) is 3. The topological polar surface area (TPSA) is 58.6 Å². The van der Waals surface area contributed by atoms with E-state index in [4.69, 9.17) is 4.74 Å². The lowest BCUT2D eigenvalue weighted by atomic mass is 9.95. The van der Waals surface area contributed by atoms with Gasteiger partial charge in [0.2, 0.25) is 11.8 Å². The molecule has 0 aliphatic carbocycles. The Bertz CT molecular complexity index is 569. The zero-order chi connectivity index (χ0) is 17.0. The molecule has 0 unspecified atom stereocenters. The van der Waals surface area contributed by atoms with Gasteiger partial charge in [-0.15, -0.1) is 0 Å². The molecule has 1 aliphatic heterocycles. The average molecular weight is 318 g/mol. The minimum atomic E-state index is -0.477. The van der Waals surface area contributed by atoms with Crippen molar-refractivity contribution >= 4 is 11.8 Å². The van der Waals surface area contributed by atoms with Crippen molar-refractivity contribution in [2.75, 3.05) is 20.7 Å². The number of likely N-dealkylation sites (N-methyl/N-ethyl adjacent to an activating group) is 1. The molecular weight excluding hydrogens is 292 g/mol. The summed E-state index contributed by atoms with van der Waals surface area (Å²) in [5.41, 5.74) is 1.04. The quantitative estimate of drug-likeness (QED) is 0.901. The molecule has 2 atom stereocenters. The van der Waals surface area contributed by atoms with E-state index in [1.165, 1.54) is 4.90 Å². The summed E-state index contributed by atoms with van der Waals surface area (Å²) in [5, 5.41) is 2.92. The molecule has 0 aromatic heterocycles. The van der Waals surface area contributed by atoms with Gasteiger partial charge >= 0.3 is 0 Å². The van der Waals surface area contributed by atoms with Gasteiger partial charge in [-0.2, -0.15) is 0 Å². The number of nitrogens with zero attached hydrogens (tertiary/aromatic N) is 1. The molecule has 0 saturated carbocycles. The van der Waals surface area contributed by atoms with Crippen LogP contribution in [0.5, 0.6) is 5.75 Å². The Labute approximate surface area is 138 Å². The Morgan fingerprint density at radius 1 is 1.30 bits per heavy atom. The summed E-state index contributed by atoms with van der Waals surface area (Å²) in [6.07, 6.45) is 1.28. The van der Waals surface area contributed by atoms with E-state index in [2.05, 4.69) is 5.32 Å². The molecule has 23 heavy (non-hydrogen) atoms. The molecule has 1 aromatic carbocycles. The molecule has 5 nitrogen and oxygen atoms in total. The zero-order valence-corrected chi connectivity index (χ0v) is 14.3. The third-order valence-corrected chi connectivity index (χ3v) is 4.01. The summed E-state index contributed by atoms with van der Waals surface area (Å²) in [6.45, 7) is 4.44. The van der Waals surface area contributed by atoms with Crippen LogP contribution in [0.15, 0.2) is 24.3 Å². The van der Waals surface area contributed by atoms with Crippen molar-refractivity contribution in [3.8, 4) is 5.75 Å². The maximum absolute atomic E-state index is 12.6.